The molecule has 2 aromatic rings. The Hall–Kier alpha value is -1.87. The topological polar surface area (TPSA) is 75.8 Å². The number of hydrogen-bond acceptors (Lipinski definition) is 4. The number of nitrogens with one attached hydrogen (secondary N) is 1. The van der Waals surface area contributed by atoms with Gasteiger partial charge in [0.15, 0.2) is 5.96 Å². The minimum atomic E-state index is 0. The maximum atomic E-state index is 6.01. The predicted octanol–water partition coefficient (Wildman–Crippen LogP) is 2.77. The fraction of sp³-hybridized carbons (Fsp3) is 0.333. The highest BCUT2D eigenvalue weighted by Crippen LogP contribution is 2.19. The average molecular weight is 453 g/mol. The molecule has 3 rings (SSSR count). The summed E-state index contributed by atoms with van der Waals surface area (Å²) in [6.07, 6.45) is 1.81. The van der Waals surface area contributed by atoms with Crippen LogP contribution in [-0.4, -0.2) is 37.2 Å². The summed E-state index contributed by atoms with van der Waals surface area (Å²) in [5.74, 6) is 1.36. The van der Waals surface area contributed by atoms with E-state index in [1.165, 1.54) is 5.56 Å². The largest absolute Gasteiger partial charge is 0.378 e. The Labute approximate surface area is 165 Å². The van der Waals surface area contributed by atoms with Crippen LogP contribution in [0.15, 0.2) is 47.6 Å². The normalized spacial score (nSPS) is 14.8. The molecule has 1 aliphatic rings. The summed E-state index contributed by atoms with van der Waals surface area (Å²) < 4.78 is 5.41. The molecule has 0 bridgehead atoms. The Morgan fingerprint density at radius 3 is 2.68 bits per heavy atom. The molecule has 0 amide bonds. The molecule has 134 valence electrons. The number of pyridine rings is 1. The van der Waals surface area contributed by atoms with E-state index in [0.29, 0.717) is 12.5 Å². The lowest BCUT2D eigenvalue weighted by atomic mass is 10.2. The van der Waals surface area contributed by atoms with Crippen LogP contribution in [0, 0.1) is 6.92 Å². The minimum absolute atomic E-state index is 0. The first-order valence-electron chi connectivity index (χ1n) is 8.12. The number of benzene rings is 1. The number of ether oxygens (including phenoxy) is 1. The number of aromatic nitrogens is 1. The molecule has 0 aliphatic carbocycles. The summed E-state index contributed by atoms with van der Waals surface area (Å²) in [6.45, 7) is 5.71. The van der Waals surface area contributed by atoms with Crippen molar-refractivity contribution in [3.05, 3.63) is 53.7 Å². The summed E-state index contributed by atoms with van der Waals surface area (Å²) in [6, 6.07) is 12.0. The van der Waals surface area contributed by atoms with E-state index in [1.807, 2.05) is 42.6 Å². The number of halogens is 1. The summed E-state index contributed by atoms with van der Waals surface area (Å²) in [5.41, 5.74) is 9.21. The second kappa shape index (κ2) is 9.57. The number of nitrogens with zero attached hydrogens (tertiary/aromatic N) is 3. The second-order valence-electron chi connectivity index (χ2n) is 5.78. The molecule has 6 nitrogen and oxygen atoms in total. The van der Waals surface area contributed by atoms with E-state index in [4.69, 9.17) is 10.5 Å². The van der Waals surface area contributed by atoms with E-state index in [0.717, 1.165) is 43.4 Å². The third kappa shape index (κ3) is 5.57. The molecule has 0 spiro atoms. The lowest BCUT2D eigenvalue weighted by molar-refractivity contribution is 0.122. The van der Waals surface area contributed by atoms with Crippen molar-refractivity contribution in [2.24, 2.45) is 10.7 Å². The van der Waals surface area contributed by atoms with Gasteiger partial charge in [0.1, 0.15) is 5.82 Å². The molecule has 7 heteroatoms. The standard InChI is InChI=1S/C18H23N5O.HI/c1-14-4-6-16(7-5-14)22-18(19)21-13-15-3-2-8-20-17(15)23-9-11-24-12-10-23;/h2-8H,9-13H2,1H3,(H3,19,21,22);1H. The molecular formula is C18H24IN5O. The van der Waals surface area contributed by atoms with E-state index in [-0.39, 0.29) is 24.0 Å². The quantitative estimate of drug-likeness (QED) is 0.423. The zero-order valence-corrected chi connectivity index (χ0v) is 16.6. The molecule has 0 radical (unpaired) electrons. The molecule has 0 saturated carbocycles. The molecular weight excluding hydrogens is 429 g/mol. The maximum absolute atomic E-state index is 6.01. The van der Waals surface area contributed by atoms with Crippen LogP contribution in [0.5, 0.6) is 0 Å². The summed E-state index contributed by atoms with van der Waals surface area (Å²) in [5, 5.41) is 3.11. The number of aliphatic imine (C=N–C) groups is 1. The van der Waals surface area contributed by atoms with Gasteiger partial charge in [0.2, 0.25) is 0 Å². The van der Waals surface area contributed by atoms with Crippen LogP contribution >= 0.6 is 24.0 Å². The number of anilines is 2. The molecule has 1 saturated heterocycles. The van der Waals surface area contributed by atoms with Crippen LogP contribution in [0.4, 0.5) is 11.5 Å². The Kier molecular flexibility index (Phi) is 7.45. The number of hydrogen-bond donors (Lipinski definition) is 2. The summed E-state index contributed by atoms with van der Waals surface area (Å²) in [7, 11) is 0. The first-order valence-corrected chi connectivity index (χ1v) is 8.12. The Bertz CT molecular complexity index is 699. The Balaban J connectivity index is 0.00000225. The van der Waals surface area contributed by atoms with E-state index in [1.54, 1.807) is 0 Å². The van der Waals surface area contributed by atoms with Gasteiger partial charge in [0.25, 0.3) is 0 Å². The highest BCUT2D eigenvalue weighted by molar-refractivity contribution is 14.0. The van der Waals surface area contributed by atoms with Gasteiger partial charge in [-0.1, -0.05) is 23.8 Å². The molecule has 1 aliphatic heterocycles. The molecule has 0 atom stereocenters. The van der Waals surface area contributed by atoms with E-state index < -0.39 is 0 Å². The predicted molar refractivity (Wildman–Crippen MR) is 113 cm³/mol. The number of nitrogens with two attached hydrogens (primary N) is 1. The van der Waals surface area contributed by atoms with Crippen LogP contribution in [-0.2, 0) is 11.3 Å². The van der Waals surface area contributed by atoms with Crippen molar-refractivity contribution >= 4 is 41.4 Å². The first kappa shape index (κ1) is 19.5. The fourth-order valence-electron chi connectivity index (χ4n) is 2.61. The molecule has 3 N–H and O–H groups in total. The highest BCUT2D eigenvalue weighted by Gasteiger charge is 2.15. The van der Waals surface area contributed by atoms with Gasteiger partial charge in [-0.15, -0.1) is 24.0 Å². The first-order chi connectivity index (χ1) is 11.7. The van der Waals surface area contributed by atoms with E-state index in [2.05, 4.69) is 27.1 Å². The average Bonchev–Trinajstić information content (AvgIpc) is 2.63. The van der Waals surface area contributed by atoms with E-state index >= 15 is 0 Å². The van der Waals surface area contributed by atoms with Crippen LogP contribution < -0.4 is 16.0 Å². The van der Waals surface area contributed by atoms with Crippen LogP contribution in [0.25, 0.3) is 0 Å². The van der Waals surface area contributed by atoms with Crippen molar-refractivity contribution < 1.29 is 4.74 Å². The molecule has 1 fully saturated rings. The third-order valence-corrected chi connectivity index (χ3v) is 3.92. The number of aryl methyl sites for hydroxylation is 1. The Morgan fingerprint density at radius 1 is 1.24 bits per heavy atom. The SMILES string of the molecule is Cc1ccc(NC(N)=NCc2cccnc2N2CCOCC2)cc1.I. The van der Waals surface area contributed by atoms with Crippen LogP contribution in [0.3, 0.4) is 0 Å². The Morgan fingerprint density at radius 2 is 1.96 bits per heavy atom. The summed E-state index contributed by atoms with van der Waals surface area (Å²) >= 11 is 0. The monoisotopic (exact) mass is 453 g/mol. The fourth-order valence-corrected chi connectivity index (χ4v) is 2.61. The number of rotatable bonds is 4. The molecule has 1 aromatic heterocycles. The maximum Gasteiger partial charge on any atom is 0.193 e. The van der Waals surface area contributed by atoms with Gasteiger partial charge in [-0.3, -0.25) is 0 Å². The second-order valence-corrected chi connectivity index (χ2v) is 5.78. The van der Waals surface area contributed by atoms with Gasteiger partial charge in [-0.05, 0) is 25.1 Å². The minimum Gasteiger partial charge on any atom is -0.378 e. The highest BCUT2D eigenvalue weighted by atomic mass is 127. The molecule has 1 aromatic carbocycles. The molecule has 0 unspecified atom stereocenters. The van der Waals surface area contributed by atoms with Crippen LogP contribution in [0.2, 0.25) is 0 Å². The van der Waals surface area contributed by atoms with Gasteiger partial charge < -0.3 is 20.7 Å². The van der Waals surface area contributed by atoms with Crippen molar-refractivity contribution in [1.82, 2.24) is 4.98 Å². The van der Waals surface area contributed by atoms with Crippen LogP contribution in [0.1, 0.15) is 11.1 Å². The number of morpholine rings is 1. The third-order valence-electron chi connectivity index (χ3n) is 3.92. The lowest BCUT2D eigenvalue weighted by Gasteiger charge is -2.29. The van der Waals surface area contributed by atoms with Crippen molar-refractivity contribution in [3.8, 4) is 0 Å². The van der Waals surface area contributed by atoms with Crippen molar-refractivity contribution in [1.29, 1.82) is 0 Å². The summed E-state index contributed by atoms with van der Waals surface area (Å²) in [4.78, 5) is 11.2. The lowest BCUT2D eigenvalue weighted by Crippen LogP contribution is -2.37. The van der Waals surface area contributed by atoms with E-state index in [9.17, 15) is 0 Å². The van der Waals surface area contributed by atoms with Crippen molar-refractivity contribution in [3.63, 3.8) is 0 Å². The smallest absolute Gasteiger partial charge is 0.193 e. The van der Waals surface area contributed by atoms with Gasteiger partial charge in [-0.2, -0.15) is 0 Å². The van der Waals surface area contributed by atoms with Gasteiger partial charge in [0, 0.05) is 30.5 Å². The molecule has 25 heavy (non-hydrogen) atoms. The number of guanidine groups is 1. The zero-order chi connectivity index (χ0) is 16.8. The van der Waals surface area contributed by atoms with Gasteiger partial charge >= 0.3 is 0 Å². The van der Waals surface area contributed by atoms with Crippen molar-refractivity contribution in [2.75, 3.05) is 36.5 Å². The zero-order valence-electron chi connectivity index (χ0n) is 14.3. The molecule has 2 heterocycles. The van der Waals surface area contributed by atoms with Crippen molar-refractivity contribution in [2.45, 2.75) is 13.5 Å². The van der Waals surface area contributed by atoms with Gasteiger partial charge in [-0.25, -0.2) is 9.98 Å². The van der Waals surface area contributed by atoms with Gasteiger partial charge in [0.05, 0.1) is 19.8 Å².